The molecule has 1 heterocycles. The lowest BCUT2D eigenvalue weighted by molar-refractivity contribution is -0.179. The summed E-state index contributed by atoms with van der Waals surface area (Å²) in [4.78, 5) is 34.3. The molecule has 13 rings (SSSR count). The molecule has 1 aliphatic rings. The molecule has 0 bridgehead atoms. The molecule has 11 aromatic carbocycles. The van der Waals surface area contributed by atoms with Gasteiger partial charge in [-0.3, -0.25) is 9.59 Å². The van der Waals surface area contributed by atoms with Crippen molar-refractivity contribution in [2.45, 2.75) is 24.7 Å². The van der Waals surface area contributed by atoms with E-state index in [4.69, 9.17) is 13.9 Å². The van der Waals surface area contributed by atoms with Crippen molar-refractivity contribution in [2.75, 3.05) is 13.2 Å². The van der Waals surface area contributed by atoms with Gasteiger partial charge >= 0.3 is 11.9 Å². The first kappa shape index (κ1) is 51.3. The molecular formula is C77H58O5. The minimum absolute atomic E-state index is 0.0306. The van der Waals surface area contributed by atoms with Crippen LogP contribution in [-0.2, 0) is 29.9 Å². The lowest BCUT2D eigenvalue weighted by atomic mass is 9.47. The van der Waals surface area contributed by atoms with Crippen LogP contribution in [0.15, 0.2) is 296 Å². The molecule has 12 aromatic rings. The van der Waals surface area contributed by atoms with Crippen molar-refractivity contribution < 1.29 is 23.5 Å². The predicted molar refractivity (Wildman–Crippen MR) is 330 cm³/mol. The van der Waals surface area contributed by atoms with E-state index in [-0.39, 0.29) is 13.2 Å². The molecule has 396 valence electrons. The average Bonchev–Trinajstić information content (AvgIpc) is 1.46. The van der Waals surface area contributed by atoms with E-state index in [9.17, 15) is 0 Å². The van der Waals surface area contributed by atoms with Gasteiger partial charge in [0, 0.05) is 16.5 Å². The monoisotopic (exact) mass is 1060 g/mol. The van der Waals surface area contributed by atoms with Gasteiger partial charge in [0.05, 0.1) is 18.6 Å². The van der Waals surface area contributed by atoms with Gasteiger partial charge in [0.2, 0.25) is 5.41 Å². The number of rotatable bonds is 14. The van der Waals surface area contributed by atoms with Crippen molar-refractivity contribution in [1.29, 1.82) is 0 Å². The number of furan rings is 1. The molecular weight excluding hydrogens is 1000 g/mol. The van der Waals surface area contributed by atoms with E-state index in [2.05, 4.69) is 200 Å². The maximum atomic E-state index is 17.1. The second kappa shape index (κ2) is 21.5. The molecule has 1 aromatic heterocycles. The van der Waals surface area contributed by atoms with E-state index < -0.39 is 28.2 Å². The van der Waals surface area contributed by atoms with Crippen LogP contribution in [0.4, 0.5) is 0 Å². The highest BCUT2D eigenvalue weighted by atomic mass is 16.6. The fraction of sp³-hybridized carbons (Fsp3) is 0.0909. The van der Waals surface area contributed by atoms with Crippen molar-refractivity contribution in [1.82, 2.24) is 0 Å². The summed E-state index contributed by atoms with van der Waals surface area (Å²) < 4.78 is 21.2. The molecule has 0 aliphatic heterocycles. The number of esters is 2. The third-order valence-corrected chi connectivity index (χ3v) is 16.7. The van der Waals surface area contributed by atoms with Crippen molar-refractivity contribution in [3.63, 3.8) is 0 Å². The first-order chi connectivity index (χ1) is 40.4. The van der Waals surface area contributed by atoms with Gasteiger partial charge < -0.3 is 13.9 Å². The molecule has 82 heavy (non-hydrogen) atoms. The minimum atomic E-state index is -2.34. The minimum Gasteiger partial charge on any atom is -0.465 e. The van der Waals surface area contributed by atoms with E-state index in [1.54, 1.807) is 13.8 Å². The Balaban J connectivity index is 1.22. The Morgan fingerprint density at radius 3 is 0.915 bits per heavy atom. The SMILES string of the molecule is CCOC(=O)C1(C(=O)OCC)C(c2ccc(-c3ccccc3)cc2)(c2ccc(-c3ccccc3)cc2)c2oc3c(-c4ccc(-c5ccccc5)cc4)cccc3c2C1(c1ccc(-c2ccccc2)cc1)c1ccc(-c2ccccc2)cc1. The Hall–Kier alpha value is -10.1. The number of para-hydroxylation sites is 1. The maximum Gasteiger partial charge on any atom is 0.326 e. The summed E-state index contributed by atoms with van der Waals surface area (Å²) in [5.41, 5.74) is 9.87. The van der Waals surface area contributed by atoms with E-state index in [1.807, 2.05) is 91.0 Å². The summed E-state index contributed by atoms with van der Waals surface area (Å²) in [6.07, 6.45) is 0. The maximum absolute atomic E-state index is 17.1. The second-order valence-corrected chi connectivity index (χ2v) is 20.9. The topological polar surface area (TPSA) is 65.7 Å². The van der Waals surface area contributed by atoms with E-state index in [1.165, 1.54) is 0 Å². The van der Waals surface area contributed by atoms with Crippen molar-refractivity contribution in [3.8, 4) is 66.8 Å². The molecule has 0 radical (unpaired) electrons. The summed E-state index contributed by atoms with van der Waals surface area (Å²) in [7, 11) is 0. The van der Waals surface area contributed by atoms with Gasteiger partial charge in [-0.1, -0.05) is 291 Å². The average molecular weight is 1060 g/mol. The Labute approximate surface area is 478 Å². The molecule has 0 amide bonds. The van der Waals surface area contributed by atoms with Crippen LogP contribution < -0.4 is 0 Å². The summed E-state index contributed by atoms with van der Waals surface area (Å²) in [5.74, 6) is -1.07. The fourth-order valence-electron chi connectivity index (χ4n) is 13.2. The molecule has 0 unspecified atom stereocenters. The normalized spacial score (nSPS) is 13.7. The number of hydrogen-bond acceptors (Lipinski definition) is 5. The van der Waals surface area contributed by atoms with Crippen LogP contribution >= 0.6 is 0 Å². The second-order valence-electron chi connectivity index (χ2n) is 20.9. The molecule has 0 fully saturated rings. The van der Waals surface area contributed by atoms with Crippen LogP contribution in [0.25, 0.3) is 77.7 Å². The lowest BCUT2D eigenvalue weighted by Crippen LogP contribution is -2.65. The van der Waals surface area contributed by atoms with Gasteiger partial charge in [0.25, 0.3) is 0 Å². The Morgan fingerprint density at radius 1 is 0.317 bits per heavy atom. The number of fused-ring (bicyclic) bond motifs is 3. The number of carbonyl (C=O) groups excluding carboxylic acids is 2. The zero-order chi connectivity index (χ0) is 55.7. The summed E-state index contributed by atoms with van der Waals surface area (Å²) in [6, 6.07) is 99.4. The largest absolute Gasteiger partial charge is 0.465 e. The standard InChI is InChI=1S/C77H58O5/c1-3-80-73(78)77(74(79)81-4-2)75(64-45-37-59(38-46-64)54-23-12-6-13-24-54,65-47-39-60(40-48-65)55-25-14-7-15-26-55)70-69-32-20-31-68(63-35-33-58(34-36-63)53-21-10-5-11-22-53)71(69)82-72(70)76(77,66-49-41-61(42-50-66)56-27-16-8-17-28-56)67-51-43-62(44-52-67)57-29-18-9-19-30-57/h5-52H,3-4H2,1-2H3. The van der Waals surface area contributed by atoms with Crippen molar-refractivity contribution in [2.24, 2.45) is 5.41 Å². The lowest BCUT2D eigenvalue weighted by Gasteiger charge is -2.51. The van der Waals surface area contributed by atoms with Crippen molar-refractivity contribution >= 4 is 22.9 Å². The highest BCUT2D eigenvalue weighted by Crippen LogP contribution is 2.74. The highest BCUT2D eigenvalue weighted by molar-refractivity contribution is 6.12. The zero-order valence-electron chi connectivity index (χ0n) is 45.7. The van der Waals surface area contributed by atoms with Crippen LogP contribution in [0.3, 0.4) is 0 Å². The molecule has 0 atom stereocenters. The molecule has 0 N–H and O–H groups in total. The summed E-state index contributed by atoms with van der Waals surface area (Å²) in [6.45, 7) is 3.53. The fourth-order valence-corrected chi connectivity index (χ4v) is 13.2. The van der Waals surface area contributed by atoms with E-state index in [0.717, 1.165) is 72.1 Å². The number of hydrogen-bond donors (Lipinski definition) is 0. The molecule has 0 saturated heterocycles. The van der Waals surface area contributed by atoms with Crippen LogP contribution in [-0.4, -0.2) is 25.2 Å². The Morgan fingerprint density at radius 2 is 0.598 bits per heavy atom. The Bertz CT molecular complexity index is 4010. The van der Waals surface area contributed by atoms with Gasteiger partial charge in [0.15, 0.2) is 0 Å². The molecule has 1 aliphatic carbocycles. The van der Waals surface area contributed by atoms with Crippen LogP contribution in [0.5, 0.6) is 0 Å². The highest BCUT2D eigenvalue weighted by Gasteiger charge is 2.83. The first-order valence-corrected chi connectivity index (χ1v) is 28.1. The third-order valence-electron chi connectivity index (χ3n) is 16.7. The third kappa shape index (κ3) is 8.14. The van der Waals surface area contributed by atoms with Gasteiger partial charge in [-0.05, 0) is 97.3 Å². The summed E-state index contributed by atoms with van der Waals surface area (Å²) >= 11 is 0. The van der Waals surface area contributed by atoms with E-state index in [0.29, 0.717) is 39.2 Å². The van der Waals surface area contributed by atoms with Gasteiger partial charge in [-0.2, -0.15) is 0 Å². The first-order valence-electron chi connectivity index (χ1n) is 28.1. The van der Waals surface area contributed by atoms with E-state index >= 15 is 9.59 Å². The van der Waals surface area contributed by atoms with Crippen molar-refractivity contribution in [3.05, 3.63) is 325 Å². The molecule has 5 nitrogen and oxygen atoms in total. The molecule has 0 saturated carbocycles. The van der Waals surface area contributed by atoms with Gasteiger partial charge in [-0.15, -0.1) is 0 Å². The smallest absolute Gasteiger partial charge is 0.326 e. The van der Waals surface area contributed by atoms with Gasteiger partial charge in [0.1, 0.15) is 16.8 Å². The van der Waals surface area contributed by atoms with Crippen LogP contribution in [0.1, 0.15) is 47.4 Å². The quantitative estimate of drug-likeness (QED) is 0.0802. The molecule has 5 heteroatoms. The summed E-state index contributed by atoms with van der Waals surface area (Å²) in [5, 5.41) is 0.737. The number of ether oxygens (including phenoxy) is 2. The zero-order valence-corrected chi connectivity index (χ0v) is 45.7. The Kier molecular flexibility index (Phi) is 13.5. The van der Waals surface area contributed by atoms with Gasteiger partial charge in [-0.25, -0.2) is 0 Å². The number of carbonyl (C=O) groups is 2. The van der Waals surface area contributed by atoms with Crippen LogP contribution in [0.2, 0.25) is 0 Å². The predicted octanol–water partition coefficient (Wildman–Crippen LogP) is 18.2. The molecule has 0 spiro atoms. The number of benzene rings is 11. The van der Waals surface area contributed by atoms with Crippen LogP contribution in [0, 0.1) is 5.41 Å².